The number of esters is 9. The van der Waals surface area contributed by atoms with E-state index in [9.17, 15) is 53.1 Å². The first-order valence-electron chi connectivity index (χ1n) is 46.3. The van der Waals surface area contributed by atoms with Crippen LogP contribution in [0.25, 0.3) is 66.0 Å². The van der Waals surface area contributed by atoms with Crippen LogP contribution in [0.5, 0.6) is 46.0 Å². The molecule has 1 atom stereocenters. The Kier molecular flexibility index (Phi) is 45.5. The zero-order valence-corrected chi connectivity index (χ0v) is 82.7. The second-order valence-electron chi connectivity index (χ2n) is 32.1. The van der Waals surface area contributed by atoms with Crippen LogP contribution in [0.1, 0.15) is 70.4 Å². The van der Waals surface area contributed by atoms with Gasteiger partial charge in [0.15, 0.2) is 6.79 Å². The van der Waals surface area contributed by atoms with Crippen LogP contribution in [0.4, 0.5) is 5.69 Å². The van der Waals surface area contributed by atoms with Crippen molar-refractivity contribution in [2.24, 2.45) is 0 Å². The molecule has 0 heterocycles. The Labute approximate surface area is 859 Å². The van der Waals surface area contributed by atoms with E-state index in [1.807, 2.05) is 178 Å². The van der Waals surface area contributed by atoms with Crippen molar-refractivity contribution in [1.82, 2.24) is 0 Å². The maximum Gasteiger partial charge on any atom is 0.338 e. The van der Waals surface area contributed by atoms with Gasteiger partial charge in [0.25, 0.3) is 0 Å². The van der Waals surface area contributed by atoms with Gasteiger partial charge in [-0.1, -0.05) is 290 Å². The molecule has 0 radical (unpaired) electrons. The molecule has 15 aromatic carbocycles. The Morgan fingerprint density at radius 2 is 0.784 bits per heavy atom. The van der Waals surface area contributed by atoms with Gasteiger partial charge in [-0.25, -0.2) is 43.2 Å². The van der Waals surface area contributed by atoms with E-state index in [1.165, 1.54) is 45.7 Å². The molecule has 0 aromatic heterocycles. The van der Waals surface area contributed by atoms with Crippen molar-refractivity contribution in [3.63, 3.8) is 0 Å². The molecule has 24 heteroatoms. The summed E-state index contributed by atoms with van der Waals surface area (Å²) in [5, 5.41) is 19.7. The van der Waals surface area contributed by atoms with E-state index in [4.69, 9.17) is 56.8 Å². The smallest absolute Gasteiger partial charge is 0.338 e. The Morgan fingerprint density at radius 1 is 0.365 bits per heavy atom. The van der Waals surface area contributed by atoms with Crippen LogP contribution in [-0.4, -0.2) is 112 Å². The summed E-state index contributed by atoms with van der Waals surface area (Å²) >= 11 is 0. The zero-order chi connectivity index (χ0) is 107. The first-order valence-corrected chi connectivity index (χ1v) is 46.3. The first-order chi connectivity index (χ1) is 71.6. The third-order valence-corrected chi connectivity index (χ3v) is 21.3. The molecule has 752 valence electrons. The molecular formula is C124H113NO23. The first kappa shape index (κ1) is 113. The van der Waals surface area contributed by atoms with Crippen LogP contribution < -0.4 is 38.1 Å². The Morgan fingerprint density at radius 3 is 1.28 bits per heavy atom. The standard InChI is InChI=1S/C19H16O2.C16H17NO2.C16H14O3.C15H14O4.C15H12O2.C13H10O3.C11H12O3.C10H10O2.C9H8O2/c1-2-19(20)21-13-18-16-9-5-3-7-14(16)11-12-15-8-4-6-10-17(15)18;1-4-16(18)19-11-12-9-10-15(17(2)3)14-8-6-5-7-13(12)14;1-3-16(18)19-15-7-6-13-9-12(8-11(2)17)4-5-14(13)10-15;1-3-15(16)19-14-7-5-11-8-13(18-10-17-2)6-4-12(11)9-14;1-2-14(16)17-13-9-11-7-3-5-10-6-4-8-12(13)15(10)11;1-2-13(15)16-12-6-4-9-7-11(14)5-3-10(9)8-12;1-2-11(12)14-9-8-13-10-6-4-3-5-7-10;1-8(2)10(11)12-9-6-4-3-5-7-9;1-2-9(10)11-8-6-4-3-5-7-8/h2-12,18H,1,13H2;4-10H,1,11H2,2-3H3;3-7,9-10H,1,8H2,2H3;3-9H,1,10H2,2H3;2-8,13H,1,9H2;2-8,14H,1H2;2-7H,1,8-9H2;3-7H,1H2,2H3;2-7H,1H2. The number of fused-ring (bicyclic) bond motifs is 6. The largest absolute Gasteiger partial charge is 0.508 e. The number of para-hydroxylation sites is 3. The van der Waals surface area contributed by atoms with E-state index in [0.717, 1.165) is 125 Å². The third-order valence-electron chi connectivity index (χ3n) is 21.3. The summed E-state index contributed by atoms with van der Waals surface area (Å²) in [5.41, 5.74) is 10.6. The molecular weight excluding hydrogens is 1870 g/mol. The molecule has 0 aliphatic heterocycles. The van der Waals surface area contributed by atoms with Crippen molar-refractivity contribution in [3.05, 3.63) is 479 Å². The summed E-state index contributed by atoms with van der Waals surface area (Å²) in [6, 6.07) is 100. The molecule has 2 aliphatic rings. The zero-order valence-electron chi connectivity index (χ0n) is 82.7. The number of phenols is 1. The van der Waals surface area contributed by atoms with Crippen molar-refractivity contribution < 1.29 is 110 Å². The lowest BCUT2D eigenvalue weighted by Crippen LogP contribution is -2.14. The molecule has 17 rings (SSSR count). The fraction of sp³-hybridized carbons (Fsp3) is 0.113. The minimum Gasteiger partial charge on any atom is -0.508 e. The van der Waals surface area contributed by atoms with Crippen LogP contribution >= 0.6 is 0 Å². The molecule has 2 aliphatic carbocycles. The number of Topliss-reactive ketones (excluding diaryl/α,β-unsaturated/α-hetero) is 1. The van der Waals surface area contributed by atoms with Gasteiger partial charge >= 0.3 is 53.7 Å². The lowest BCUT2D eigenvalue weighted by Gasteiger charge is -2.19. The highest BCUT2D eigenvalue weighted by Crippen LogP contribution is 2.40. The molecule has 15 aromatic rings. The number of carbonyl (C=O) groups excluding carboxylic acids is 10. The molecule has 0 bridgehead atoms. The molecule has 24 nitrogen and oxygen atoms in total. The van der Waals surface area contributed by atoms with E-state index in [-0.39, 0.29) is 61.5 Å². The summed E-state index contributed by atoms with van der Waals surface area (Å²) < 4.78 is 60.9. The van der Waals surface area contributed by atoms with E-state index in [2.05, 4.69) is 125 Å². The number of methoxy groups -OCH3 is 1. The lowest BCUT2D eigenvalue weighted by atomic mass is 9.88. The van der Waals surface area contributed by atoms with Crippen molar-refractivity contribution in [2.45, 2.75) is 45.3 Å². The van der Waals surface area contributed by atoms with E-state index in [1.54, 1.807) is 130 Å². The summed E-state index contributed by atoms with van der Waals surface area (Å²) in [7, 11) is 5.60. The highest BCUT2D eigenvalue weighted by molar-refractivity contribution is 5.98. The van der Waals surface area contributed by atoms with Crippen molar-refractivity contribution in [2.75, 3.05) is 52.7 Å². The lowest BCUT2D eigenvalue weighted by molar-refractivity contribution is -0.143. The summed E-state index contributed by atoms with van der Waals surface area (Å²) in [6.45, 7) is 34.9. The van der Waals surface area contributed by atoms with E-state index >= 15 is 0 Å². The Bertz CT molecular complexity index is 7230. The number of aromatic hydroxyl groups is 1. The minimum absolute atomic E-state index is 0.0382. The topological polar surface area (TPSA) is 305 Å². The molecule has 148 heavy (non-hydrogen) atoms. The second kappa shape index (κ2) is 59.7. The van der Waals surface area contributed by atoms with Crippen molar-refractivity contribution in [3.8, 4) is 46.0 Å². The number of rotatable bonds is 29. The fourth-order valence-electron chi connectivity index (χ4n) is 14.4. The second-order valence-corrected chi connectivity index (χ2v) is 32.1. The van der Waals surface area contributed by atoms with Gasteiger partial charge in [-0.3, -0.25) is 4.79 Å². The Balaban J connectivity index is 0.000000186. The van der Waals surface area contributed by atoms with Gasteiger partial charge in [-0.2, -0.15) is 0 Å². The summed E-state index contributed by atoms with van der Waals surface area (Å²) in [6.07, 6.45) is 14.5. The predicted molar refractivity (Wildman–Crippen MR) is 580 cm³/mol. The van der Waals surface area contributed by atoms with Crippen LogP contribution in [0.2, 0.25) is 0 Å². The average molecular weight is 1990 g/mol. The molecule has 1 N–H and O–H groups in total. The number of phenolic OH excluding ortho intramolecular Hbond substituents is 1. The van der Waals surface area contributed by atoms with Gasteiger partial charge in [0.2, 0.25) is 0 Å². The maximum absolute atomic E-state index is 11.4. The summed E-state index contributed by atoms with van der Waals surface area (Å²) in [4.78, 5) is 112. The van der Waals surface area contributed by atoms with Gasteiger partial charge in [0, 0.05) is 111 Å². The van der Waals surface area contributed by atoms with Crippen LogP contribution in [0.15, 0.2) is 435 Å². The highest BCUT2D eigenvalue weighted by atomic mass is 16.7. The van der Waals surface area contributed by atoms with Gasteiger partial charge in [-0.05, 0) is 204 Å². The summed E-state index contributed by atoms with van der Waals surface area (Å²) in [5.74, 6) is 0.556. The number of carbonyl (C=O) groups is 10. The van der Waals surface area contributed by atoms with E-state index < -0.39 is 35.8 Å². The predicted octanol–water partition coefficient (Wildman–Crippen LogP) is 24.7. The van der Waals surface area contributed by atoms with Crippen molar-refractivity contribution in [1.29, 1.82) is 0 Å². The van der Waals surface area contributed by atoms with Gasteiger partial charge < -0.3 is 66.8 Å². The number of hydrogen-bond acceptors (Lipinski definition) is 24. The van der Waals surface area contributed by atoms with Crippen molar-refractivity contribution >= 4 is 131 Å². The monoisotopic (exact) mass is 1980 g/mol. The van der Waals surface area contributed by atoms with Crippen LogP contribution in [0.3, 0.4) is 0 Å². The molecule has 0 amide bonds. The highest BCUT2D eigenvalue weighted by Gasteiger charge is 2.27. The number of hydrogen-bond donors (Lipinski definition) is 1. The maximum atomic E-state index is 11.4. The Hall–Kier alpha value is -18.9. The number of ketones is 1. The number of anilines is 1. The molecule has 0 fully saturated rings. The fourth-order valence-corrected chi connectivity index (χ4v) is 14.4. The quantitative estimate of drug-likeness (QED) is 0.0114. The molecule has 0 saturated carbocycles. The normalized spacial score (nSPS) is 11.0. The van der Waals surface area contributed by atoms with Gasteiger partial charge in [-0.15, -0.1) is 0 Å². The van der Waals surface area contributed by atoms with Crippen LogP contribution in [-0.2, 0) is 91.1 Å². The van der Waals surface area contributed by atoms with Crippen LogP contribution in [0, 0.1) is 0 Å². The average Bonchev–Trinajstić information content (AvgIpc) is 1.60. The van der Waals surface area contributed by atoms with E-state index in [0.29, 0.717) is 54.0 Å². The number of ether oxygens (including phenoxy) is 12. The SMILES string of the molecule is C=C(C)C(=O)Oc1ccccc1.C=CC(=O)OC1Cc2cccc3cccc1c23.C=CC(=O)OCC1c2ccccc2C=Cc2ccccc21.C=CC(=O)OCCOc1ccccc1.C=CC(=O)OCc1ccc(N(C)C)c2ccccc12.C=CC(=O)Oc1ccc2cc(CC(C)=O)ccc2c1.C=CC(=O)Oc1ccc2cc(O)ccc2c1.C=CC(=O)Oc1ccc2cc(OCOC)ccc2c1.C=CC(=O)Oc1ccccc1. The van der Waals surface area contributed by atoms with Gasteiger partial charge in [0.1, 0.15) is 84.3 Å². The van der Waals surface area contributed by atoms with Gasteiger partial charge in [0.05, 0.1) is 0 Å². The molecule has 0 saturated heterocycles. The number of nitrogens with zero attached hydrogens (tertiary/aromatic N) is 1. The molecule has 1 unspecified atom stereocenters. The third kappa shape index (κ3) is 36.5. The molecule has 0 spiro atoms. The minimum atomic E-state index is -0.488. The number of benzene rings is 15.